The molecule has 0 saturated carbocycles. The van der Waals surface area contributed by atoms with E-state index in [4.69, 9.17) is 25.5 Å². The average molecular weight is 534 g/mol. The monoisotopic (exact) mass is 533 g/mol. The van der Waals surface area contributed by atoms with E-state index in [0.717, 1.165) is 0 Å². The van der Waals surface area contributed by atoms with Gasteiger partial charge < -0.3 is 40.4 Å². The van der Waals surface area contributed by atoms with Crippen LogP contribution in [0, 0.1) is 5.41 Å². The number of aliphatic hydroxyl groups is 1. The number of rotatable bonds is 12. The van der Waals surface area contributed by atoms with Gasteiger partial charge in [0, 0.05) is 0 Å². The van der Waals surface area contributed by atoms with Crippen LogP contribution in [-0.2, 0) is 29.9 Å². The number of hydrogen-bond donors (Lipinski definition) is 4. The Labute approximate surface area is 211 Å². The number of fused-ring (bicyclic) bond motifs is 1. The molecule has 0 amide bonds. The van der Waals surface area contributed by atoms with Gasteiger partial charge in [-0.2, -0.15) is 9.97 Å². The third-order valence-electron chi connectivity index (χ3n) is 4.98. The minimum absolute atomic E-state index is 0.0436. The highest BCUT2D eigenvalue weighted by molar-refractivity contribution is 7.52. The first-order valence-electron chi connectivity index (χ1n) is 11.6. The normalized spacial score (nSPS) is 14.2. The lowest BCUT2D eigenvalue weighted by Gasteiger charge is -2.20. The predicted octanol–water partition coefficient (Wildman–Crippen LogP) is 1.42. The van der Waals surface area contributed by atoms with Crippen molar-refractivity contribution in [2.24, 2.45) is 5.41 Å². The SMILES string of the molecule is CC(C)(C)C(=O)OCOP(=O)(O)CO[C@H](CO)Cn1cnc2c(N)nc(N)nc21.CCN(CC)CC. The molecule has 0 saturated heterocycles. The lowest BCUT2D eigenvalue weighted by atomic mass is 9.98. The first kappa shape index (κ1) is 31.7. The van der Waals surface area contributed by atoms with E-state index in [2.05, 4.69) is 40.6 Å². The molecule has 36 heavy (non-hydrogen) atoms. The van der Waals surface area contributed by atoms with E-state index in [1.54, 1.807) is 20.8 Å². The third-order valence-corrected chi connectivity index (χ3v) is 5.97. The van der Waals surface area contributed by atoms with Crippen LogP contribution in [0.15, 0.2) is 6.33 Å². The van der Waals surface area contributed by atoms with E-state index in [1.807, 2.05) is 0 Å². The zero-order valence-corrected chi connectivity index (χ0v) is 22.8. The molecule has 2 rings (SSSR count). The summed E-state index contributed by atoms with van der Waals surface area (Å²) in [4.78, 5) is 35.7. The number of nitrogens with two attached hydrogens (primary N) is 2. The number of carbonyl (C=O) groups excluding carboxylic acids is 1. The molecule has 15 heteroatoms. The van der Waals surface area contributed by atoms with Crippen molar-refractivity contribution in [3.63, 3.8) is 0 Å². The third kappa shape index (κ3) is 10.3. The number of aliphatic hydroxyl groups excluding tert-OH is 1. The Morgan fingerprint density at radius 1 is 1.19 bits per heavy atom. The number of anilines is 2. The van der Waals surface area contributed by atoms with Crippen LogP contribution in [0.1, 0.15) is 41.5 Å². The topological polar surface area (TPSA) is 201 Å². The van der Waals surface area contributed by atoms with Gasteiger partial charge in [-0.3, -0.25) is 13.9 Å². The largest absolute Gasteiger partial charge is 0.438 e. The molecule has 0 fully saturated rings. The summed E-state index contributed by atoms with van der Waals surface area (Å²) >= 11 is 0. The van der Waals surface area contributed by atoms with Crippen molar-refractivity contribution in [3.8, 4) is 0 Å². The predicted molar refractivity (Wildman–Crippen MR) is 136 cm³/mol. The molecule has 14 nitrogen and oxygen atoms in total. The summed E-state index contributed by atoms with van der Waals surface area (Å²) in [5.41, 5.74) is 11.2. The minimum Gasteiger partial charge on any atom is -0.438 e. The van der Waals surface area contributed by atoms with Gasteiger partial charge in [-0.25, -0.2) is 4.98 Å². The lowest BCUT2D eigenvalue weighted by molar-refractivity contribution is -0.160. The molecular weight excluding hydrogens is 493 g/mol. The van der Waals surface area contributed by atoms with Crippen molar-refractivity contribution in [3.05, 3.63) is 6.33 Å². The Kier molecular flexibility index (Phi) is 12.7. The van der Waals surface area contributed by atoms with Crippen LogP contribution in [0.4, 0.5) is 11.8 Å². The molecule has 206 valence electrons. The number of ether oxygens (including phenoxy) is 2. The molecule has 0 spiro atoms. The molecule has 0 bridgehead atoms. The van der Waals surface area contributed by atoms with Crippen LogP contribution in [0.3, 0.4) is 0 Å². The smallest absolute Gasteiger partial charge is 0.356 e. The summed E-state index contributed by atoms with van der Waals surface area (Å²) in [6.07, 6.45) is -0.203. The Hall–Kier alpha value is -2.35. The van der Waals surface area contributed by atoms with Crippen molar-refractivity contribution in [2.75, 3.05) is 50.8 Å². The van der Waals surface area contributed by atoms with Gasteiger partial charge in [-0.05, 0) is 40.4 Å². The first-order valence-corrected chi connectivity index (χ1v) is 13.4. The molecule has 6 N–H and O–H groups in total. The molecular formula is C21H40N7O7P. The second kappa shape index (κ2) is 14.4. The van der Waals surface area contributed by atoms with Gasteiger partial charge >= 0.3 is 13.6 Å². The molecule has 0 aromatic carbocycles. The number of esters is 1. The van der Waals surface area contributed by atoms with Gasteiger partial charge in [0.25, 0.3) is 0 Å². The van der Waals surface area contributed by atoms with Crippen molar-refractivity contribution >= 4 is 36.5 Å². The number of nitrogen functional groups attached to an aromatic ring is 2. The van der Waals surface area contributed by atoms with E-state index in [0.29, 0.717) is 11.2 Å². The van der Waals surface area contributed by atoms with Crippen LogP contribution >= 0.6 is 7.60 Å². The molecule has 1 unspecified atom stereocenters. The van der Waals surface area contributed by atoms with Gasteiger partial charge in [-0.15, -0.1) is 0 Å². The van der Waals surface area contributed by atoms with E-state index in [9.17, 15) is 19.4 Å². The number of hydrogen-bond acceptors (Lipinski definition) is 12. The molecule has 2 atom stereocenters. The summed E-state index contributed by atoms with van der Waals surface area (Å²) in [6, 6.07) is 0. The van der Waals surface area contributed by atoms with Crippen molar-refractivity contribution < 1.29 is 33.4 Å². The fourth-order valence-electron chi connectivity index (χ4n) is 2.79. The zero-order valence-electron chi connectivity index (χ0n) is 21.9. The van der Waals surface area contributed by atoms with E-state index in [-0.39, 0.29) is 18.3 Å². The summed E-state index contributed by atoms with van der Waals surface area (Å²) < 4.78 is 28.3. The second-order valence-electron chi connectivity index (χ2n) is 8.82. The average Bonchev–Trinajstić information content (AvgIpc) is 3.20. The number of carbonyl (C=O) groups is 1. The highest BCUT2D eigenvalue weighted by Crippen LogP contribution is 2.42. The molecule has 0 aliphatic carbocycles. The van der Waals surface area contributed by atoms with Crippen LogP contribution in [0.5, 0.6) is 0 Å². The molecule has 0 aliphatic rings. The first-order chi connectivity index (χ1) is 16.8. The minimum atomic E-state index is -4.22. The summed E-state index contributed by atoms with van der Waals surface area (Å²) in [5.74, 6) is -0.527. The number of imidazole rings is 1. The van der Waals surface area contributed by atoms with Crippen LogP contribution < -0.4 is 11.5 Å². The summed E-state index contributed by atoms with van der Waals surface area (Å²) in [6.45, 7) is 13.9. The molecule has 0 aliphatic heterocycles. The Morgan fingerprint density at radius 2 is 1.81 bits per heavy atom. The van der Waals surface area contributed by atoms with E-state index >= 15 is 0 Å². The quantitative estimate of drug-likeness (QED) is 0.173. The van der Waals surface area contributed by atoms with Gasteiger partial charge in [0.05, 0.1) is 31.0 Å². The van der Waals surface area contributed by atoms with Crippen molar-refractivity contribution in [2.45, 2.75) is 54.2 Å². The molecule has 2 aromatic heterocycles. The maximum absolute atomic E-state index is 12.0. The maximum atomic E-state index is 12.0. The number of nitrogens with zero attached hydrogens (tertiary/aromatic N) is 5. The van der Waals surface area contributed by atoms with Crippen LogP contribution in [0.25, 0.3) is 11.2 Å². The fourth-order valence-corrected chi connectivity index (χ4v) is 3.48. The Bertz CT molecular complexity index is 1000. The van der Waals surface area contributed by atoms with Gasteiger partial charge in [0.15, 0.2) is 11.5 Å². The van der Waals surface area contributed by atoms with Gasteiger partial charge in [-0.1, -0.05) is 20.8 Å². The molecule has 2 aromatic rings. The Balaban J connectivity index is 0.000000809. The standard InChI is InChI=1S/C15H25N6O7P.C6H15N/c1-15(2,3)13(23)26-7-28-29(24,25)8-27-9(5-22)4-21-6-18-10-11(16)19-14(17)20-12(10)21;1-4-7(5-2)6-3/h6,9,22H,4-5,7-8H2,1-3H3,(H,24,25)(H4,16,17,19,20);4-6H2,1-3H3/t9-;/m0./s1. The van der Waals surface area contributed by atoms with Crippen molar-refractivity contribution in [1.29, 1.82) is 0 Å². The summed E-state index contributed by atoms with van der Waals surface area (Å²) in [7, 11) is -4.22. The molecule has 2 heterocycles. The van der Waals surface area contributed by atoms with Crippen LogP contribution in [-0.4, -0.2) is 85.9 Å². The van der Waals surface area contributed by atoms with Crippen molar-refractivity contribution in [1.82, 2.24) is 24.4 Å². The lowest BCUT2D eigenvalue weighted by Crippen LogP contribution is -2.25. The van der Waals surface area contributed by atoms with E-state index < -0.39 is 44.8 Å². The fraction of sp³-hybridized carbons (Fsp3) is 0.714. The maximum Gasteiger partial charge on any atom is 0.356 e. The second-order valence-corrected chi connectivity index (χ2v) is 10.6. The van der Waals surface area contributed by atoms with E-state index in [1.165, 1.54) is 30.5 Å². The highest BCUT2D eigenvalue weighted by atomic mass is 31.2. The van der Waals surface area contributed by atoms with Gasteiger partial charge in [0.2, 0.25) is 12.7 Å². The van der Waals surface area contributed by atoms with Gasteiger partial charge in [0.1, 0.15) is 11.9 Å². The van der Waals surface area contributed by atoms with Crippen LogP contribution in [0.2, 0.25) is 0 Å². The zero-order chi connectivity index (χ0) is 27.5. The summed E-state index contributed by atoms with van der Waals surface area (Å²) in [5, 5.41) is 9.52. The number of aromatic nitrogens is 4. The molecule has 0 radical (unpaired) electrons. The highest BCUT2D eigenvalue weighted by Gasteiger charge is 2.27. The Morgan fingerprint density at radius 3 is 2.31 bits per heavy atom.